The van der Waals surface area contributed by atoms with Crippen LogP contribution < -0.4 is 0 Å². The lowest BCUT2D eigenvalue weighted by Gasteiger charge is -2.39. The van der Waals surface area contributed by atoms with Crippen molar-refractivity contribution in [3.8, 4) is 0 Å². The highest BCUT2D eigenvalue weighted by atomic mass is 16.4. The molecule has 0 bridgehead atoms. The van der Waals surface area contributed by atoms with E-state index in [1.54, 1.807) is 0 Å². The maximum absolute atomic E-state index is 9.00. The quantitative estimate of drug-likeness (QED) is 0.0627. The molecule has 9 nitrogen and oxygen atoms in total. The van der Waals surface area contributed by atoms with Gasteiger partial charge in [-0.2, -0.15) is 0 Å². The van der Waals surface area contributed by atoms with Gasteiger partial charge in [0.15, 0.2) is 0 Å². The lowest BCUT2D eigenvalue weighted by atomic mass is 10.1. The summed E-state index contributed by atoms with van der Waals surface area (Å²) in [6.07, 6.45) is 33.2. The third-order valence-corrected chi connectivity index (χ3v) is 11.8. The highest BCUT2D eigenvalue weighted by Crippen LogP contribution is 2.19. The topological polar surface area (TPSA) is 132 Å². The van der Waals surface area contributed by atoms with E-state index in [1.165, 1.54) is 246 Å². The zero-order valence-electron chi connectivity index (χ0n) is 47.1. The van der Waals surface area contributed by atoms with Crippen LogP contribution in [0.5, 0.6) is 0 Å². The first-order valence-corrected chi connectivity index (χ1v) is 27.0. The lowest BCUT2D eigenvalue weighted by Crippen LogP contribution is -2.50. The average Bonchev–Trinajstić information content (AvgIpc) is 3.21. The van der Waals surface area contributed by atoms with Crippen LogP contribution in [0.2, 0.25) is 0 Å². The molecule has 0 aromatic carbocycles. The standard InChI is InChI=1S/3C16H36N.C4H12N.C2H4O2.3H2O/c3*1-5-9-13-17(14-10-6-2,15-11-7-3)16-12-8-4;1-5(2,3)4;1-2(3)4;;;/h3*5-16H2,1-4H3;1-4H3;1H3,(H,3,4);3*1H2/q4*+1;;;;. The van der Waals surface area contributed by atoms with Gasteiger partial charge >= 0.3 is 0 Å². The second-order valence-electron chi connectivity index (χ2n) is 20.2. The van der Waals surface area contributed by atoms with Crippen molar-refractivity contribution >= 4 is 5.97 Å². The van der Waals surface area contributed by atoms with Crippen LogP contribution in [0.25, 0.3) is 0 Å². The molecule has 0 heterocycles. The number of hydrogen-bond acceptors (Lipinski definition) is 1. The van der Waals surface area contributed by atoms with E-state index in [0.717, 1.165) is 11.4 Å². The Morgan fingerprint density at radius 1 is 0.286 bits per heavy atom. The van der Waals surface area contributed by atoms with E-state index >= 15 is 0 Å². The molecular formula is C54H130N4O5+4. The highest BCUT2D eigenvalue weighted by Gasteiger charge is 2.27. The number of rotatable bonds is 36. The van der Waals surface area contributed by atoms with E-state index in [4.69, 9.17) is 9.90 Å². The van der Waals surface area contributed by atoms with E-state index in [1.807, 2.05) is 0 Å². The molecular weight excluding hydrogens is 785 g/mol. The third-order valence-electron chi connectivity index (χ3n) is 11.8. The largest absolute Gasteiger partial charge is 0.481 e. The van der Waals surface area contributed by atoms with Gasteiger partial charge in [-0.15, -0.1) is 0 Å². The fourth-order valence-electron chi connectivity index (χ4n) is 7.93. The van der Waals surface area contributed by atoms with Crippen molar-refractivity contribution in [1.29, 1.82) is 0 Å². The van der Waals surface area contributed by atoms with Gasteiger partial charge in [-0.25, -0.2) is 0 Å². The maximum Gasteiger partial charge on any atom is 0.300 e. The van der Waals surface area contributed by atoms with Crippen molar-refractivity contribution in [3.63, 3.8) is 0 Å². The summed E-state index contributed by atoms with van der Waals surface area (Å²) < 4.78 is 5.26. The van der Waals surface area contributed by atoms with Crippen molar-refractivity contribution in [1.82, 2.24) is 0 Å². The lowest BCUT2D eigenvalue weighted by molar-refractivity contribution is -0.929. The Kier molecular flexibility index (Phi) is 72.1. The highest BCUT2D eigenvalue weighted by molar-refractivity contribution is 5.62. The van der Waals surface area contributed by atoms with Crippen LogP contribution in [0.15, 0.2) is 0 Å². The summed E-state index contributed by atoms with van der Waals surface area (Å²) in [5.41, 5.74) is 0. The molecule has 0 aliphatic rings. The molecule has 0 saturated carbocycles. The summed E-state index contributed by atoms with van der Waals surface area (Å²) in [7, 11) is 8.50. The molecule has 0 atom stereocenters. The van der Waals surface area contributed by atoms with Gasteiger partial charge in [-0.3, -0.25) is 4.79 Å². The zero-order valence-corrected chi connectivity index (χ0v) is 47.1. The van der Waals surface area contributed by atoms with Gasteiger partial charge in [0, 0.05) is 6.92 Å². The molecule has 0 rings (SSSR count). The minimum absolute atomic E-state index is 0. The molecule has 392 valence electrons. The first-order chi connectivity index (χ1) is 28.5. The molecule has 0 radical (unpaired) electrons. The molecule has 0 spiro atoms. The molecule has 0 unspecified atom stereocenters. The van der Waals surface area contributed by atoms with E-state index in [9.17, 15) is 0 Å². The Labute approximate surface area is 399 Å². The van der Waals surface area contributed by atoms with Crippen LogP contribution in [-0.2, 0) is 4.79 Å². The van der Waals surface area contributed by atoms with Gasteiger partial charge in [-0.1, -0.05) is 160 Å². The van der Waals surface area contributed by atoms with Crippen LogP contribution in [0.1, 0.15) is 244 Å². The van der Waals surface area contributed by atoms with E-state index in [0.29, 0.717) is 0 Å². The Morgan fingerprint density at radius 2 is 0.349 bits per heavy atom. The fraction of sp³-hybridized carbons (Fsp3) is 0.981. The molecule has 7 N–H and O–H groups in total. The van der Waals surface area contributed by atoms with E-state index in [2.05, 4.69) is 111 Å². The molecule has 0 aliphatic carbocycles. The molecule has 0 aliphatic heterocycles. The number of carboxylic acids is 1. The second kappa shape index (κ2) is 57.3. The van der Waals surface area contributed by atoms with Crippen molar-refractivity contribution < 1.29 is 44.3 Å². The Morgan fingerprint density at radius 3 is 0.397 bits per heavy atom. The van der Waals surface area contributed by atoms with Gasteiger partial charge in [0.25, 0.3) is 5.97 Å². The van der Waals surface area contributed by atoms with Gasteiger partial charge in [0.2, 0.25) is 0 Å². The van der Waals surface area contributed by atoms with E-state index in [-0.39, 0.29) is 16.4 Å². The summed E-state index contributed by atoms with van der Waals surface area (Å²) >= 11 is 0. The zero-order chi connectivity index (χ0) is 47.0. The van der Waals surface area contributed by atoms with Gasteiger partial charge in [-0.05, 0) is 77.0 Å². The van der Waals surface area contributed by atoms with Crippen molar-refractivity contribution in [2.24, 2.45) is 0 Å². The van der Waals surface area contributed by atoms with Crippen LogP contribution >= 0.6 is 0 Å². The number of unbranched alkanes of at least 4 members (excludes halogenated alkanes) is 12. The van der Waals surface area contributed by atoms with Crippen molar-refractivity contribution in [3.05, 3.63) is 0 Å². The summed E-state index contributed by atoms with van der Waals surface area (Å²) in [6, 6.07) is 0. The SMILES string of the molecule is CC(=O)O.CCCC[N+](CCCC)(CCCC)CCCC.CCCC[N+](CCCC)(CCCC)CCCC.CCCC[N+](CCCC)(CCCC)CCCC.C[N+](C)(C)C.O.O.O. The van der Waals surface area contributed by atoms with Gasteiger partial charge < -0.3 is 39.5 Å². The molecule has 63 heavy (non-hydrogen) atoms. The Hall–Kier alpha value is -0.810. The van der Waals surface area contributed by atoms with E-state index < -0.39 is 5.97 Å². The Bertz CT molecular complexity index is 616. The van der Waals surface area contributed by atoms with Crippen molar-refractivity contribution in [2.45, 2.75) is 244 Å². The minimum atomic E-state index is -0.833. The number of hydrogen-bond donors (Lipinski definition) is 1. The molecule has 9 heteroatoms. The summed E-state index contributed by atoms with van der Waals surface area (Å²) in [4.78, 5) is 9.00. The minimum Gasteiger partial charge on any atom is -0.481 e. The van der Waals surface area contributed by atoms with Crippen LogP contribution in [0, 0.1) is 0 Å². The summed E-state index contributed by atoms with van der Waals surface area (Å²) in [5.74, 6) is -0.833. The van der Waals surface area contributed by atoms with Crippen LogP contribution in [0.4, 0.5) is 0 Å². The molecule has 0 aromatic rings. The average molecular weight is 916 g/mol. The first kappa shape index (κ1) is 79.3. The second-order valence-corrected chi connectivity index (χ2v) is 20.2. The maximum atomic E-state index is 9.00. The normalized spacial score (nSPS) is 11.1. The van der Waals surface area contributed by atoms with Crippen LogP contribution in [-0.4, -0.2) is 152 Å². The Balaban J connectivity index is -0.000000107. The monoisotopic (exact) mass is 915 g/mol. The predicted molar refractivity (Wildman–Crippen MR) is 286 cm³/mol. The number of aliphatic carboxylic acids is 1. The van der Waals surface area contributed by atoms with Gasteiger partial charge in [0.1, 0.15) is 0 Å². The van der Waals surface area contributed by atoms with Crippen molar-refractivity contribution in [2.75, 3.05) is 107 Å². The van der Waals surface area contributed by atoms with Gasteiger partial charge in [0.05, 0.1) is 107 Å². The molecule has 0 saturated heterocycles. The first-order valence-electron chi connectivity index (χ1n) is 27.0. The smallest absolute Gasteiger partial charge is 0.300 e. The number of quaternary nitrogens is 4. The van der Waals surface area contributed by atoms with Crippen LogP contribution in [0.3, 0.4) is 0 Å². The molecule has 0 fully saturated rings. The summed E-state index contributed by atoms with van der Waals surface area (Å²) in [6.45, 7) is 46.1. The summed E-state index contributed by atoms with van der Waals surface area (Å²) in [5, 5.41) is 7.42. The predicted octanol–water partition coefficient (Wildman–Crippen LogP) is 12.9. The molecule has 0 amide bonds. The number of carboxylic acid groups (broad SMARTS) is 1. The fourth-order valence-corrected chi connectivity index (χ4v) is 7.93. The number of carbonyl (C=O) groups is 1. The molecule has 0 aromatic heterocycles. The number of nitrogens with zero attached hydrogens (tertiary/aromatic N) is 4. The third kappa shape index (κ3) is 61.2.